The fourth-order valence-electron chi connectivity index (χ4n) is 2.00. The second-order valence-corrected chi connectivity index (χ2v) is 5.24. The van der Waals surface area contributed by atoms with E-state index in [1.807, 2.05) is 28.8 Å². The lowest BCUT2D eigenvalue weighted by Crippen LogP contribution is -2.15. The van der Waals surface area contributed by atoms with E-state index in [-0.39, 0.29) is 5.82 Å². The van der Waals surface area contributed by atoms with Crippen LogP contribution in [0.2, 0.25) is 0 Å². The number of hydrogen-bond donors (Lipinski definition) is 1. The maximum atomic E-state index is 13.2. The maximum Gasteiger partial charge on any atom is 0.160 e. The van der Waals surface area contributed by atoms with E-state index in [4.69, 9.17) is 0 Å². The predicted molar refractivity (Wildman–Crippen MR) is 77.6 cm³/mol. The van der Waals surface area contributed by atoms with E-state index in [9.17, 15) is 4.39 Å². The maximum absolute atomic E-state index is 13.2. The zero-order valence-corrected chi connectivity index (χ0v) is 12.1. The second kappa shape index (κ2) is 5.68. The minimum atomic E-state index is -0.238. The van der Waals surface area contributed by atoms with Gasteiger partial charge in [0.2, 0.25) is 0 Å². The van der Waals surface area contributed by atoms with E-state index in [0.717, 1.165) is 21.5 Å². The third kappa shape index (κ3) is 2.71. The van der Waals surface area contributed by atoms with Gasteiger partial charge in [0, 0.05) is 17.2 Å². The van der Waals surface area contributed by atoms with Crippen molar-refractivity contribution in [2.45, 2.75) is 13.1 Å². The Balaban J connectivity index is 1.69. The van der Waals surface area contributed by atoms with Crippen molar-refractivity contribution in [3.8, 4) is 0 Å². The SMILES string of the molecule is Fc1ccc(Br)c(CNCc2nnc3ccccn23)c1. The molecule has 102 valence electrons. The number of halogens is 2. The van der Waals surface area contributed by atoms with Crippen LogP contribution in [-0.4, -0.2) is 14.6 Å². The molecule has 0 aliphatic heterocycles. The third-order valence-electron chi connectivity index (χ3n) is 2.99. The minimum absolute atomic E-state index is 0.238. The molecular weight excluding hydrogens is 323 g/mol. The molecule has 0 aliphatic rings. The highest BCUT2D eigenvalue weighted by Gasteiger charge is 2.05. The van der Waals surface area contributed by atoms with Gasteiger partial charge in [-0.3, -0.25) is 4.40 Å². The molecule has 0 radical (unpaired) electrons. The first-order chi connectivity index (χ1) is 9.74. The number of fused-ring (bicyclic) bond motifs is 1. The highest BCUT2D eigenvalue weighted by molar-refractivity contribution is 9.10. The lowest BCUT2D eigenvalue weighted by molar-refractivity contribution is 0.615. The summed E-state index contributed by atoms with van der Waals surface area (Å²) in [7, 11) is 0. The molecule has 3 aromatic rings. The summed E-state index contributed by atoms with van der Waals surface area (Å²) >= 11 is 3.41. The monoisotopic (exact) mass is 334 g/mol. The Hall–Kier alpha value is -1.79. The average molecular weight is 335 g/mol. The molecule has 0 fully saturated rings. The molecule has 20 heavy (non-hydrogen) atoms. The first-order valence-electron chi connectivity index (χ1n) is 6.17. The number of nitrogens with one attached hydrogen (secondary N) is 1. The van der Waals surface area contributed by atoms with Crippen LogP contribution in [0.4, 0.5) is 4.39 Å². The Bertz CT molecular complexity index is 741. The number of pyridine rings is 1. The van der Waals surface area contributed by atoms with E-state index in [2.05, 4.69) is 31.4 Å². The third-order valence-corrected chi connectivity index (χ3v) is 3.76. The largest absolute Gasteiger partial charge is 0.306 e. The Labute approximate surface area is 123 Å². The van der Waals surface area contributed by atoms with E-state index < -0.39 is 0 Å². The van der Waals surface area contributed by atoms with Crippen molar-refractivity contribution in [2.24, 2.45) is 0 Å². The number of aromatic nitrogens is 3. The standard InChI is InChI=1S/C14H12BrFN4/c15-12-5-4-11(16)7-10(12)8-17-9-14-19-18-13-3-1-2-6-20(13)14/h1-7,17H,8-9H2. The summed E-state index contributed by atoms with van der Waals surface area (Å²) in [5.41, 5.74) is 1.69. The van der Waals surface area contributed by atoms with Crippen LogP contribution in [0.15, 0.2) is 47.1 Å². The number of hydrogen-bond acceptors (Lipinski definition) is 3. The van der Waals surface area contributed by atoms with E-state index >= 15 is 0 Å². The van der Waals surface area contributed by atoms with Crippen LogP contribution < -0.4 is 5.32 Å². The van der Waals surface area contributed by atoms with Gasteiger partial charge >= 0.3 is 0 Å². The van der Waals surface area contributed by atoms with Crippen molar-refractivity contribution in [2.75, 3.05) is 0 Å². The summed E-state index contributed by atoms with van der Waals surface area (Å²) in [6.45, 7) is 1.12. The fourth-order valence-corrected chi connectivity index (χ4v) is 2.39. The molecular formula is C14H12BrFN4. The van der Waals surface area contributed by atoms with Crippen LogP contribution >= 0.6 is 15.9 Å². The van der Waals surface area contributed by atoms with Crippen LogP contribution in [0.1, 0.15) is 11.4 Å². The van der Waals surface area contributed by atoms with Gasteiger partial charge in [-0.05, 0) is 35.9 Å². The summed E-state index contributed by atoms with van der Waals surface area (Å²) in [5, 5.41) is 11.5. The lowest BCUT2D eigenvalue weighted by atomic mass is 10.2. The molecule has 3 rings (SSSR count). The van der Waals surface area contributed by atoms with Crippen molar-refractivity contribution < 1.29 is 4.39 Å². The predicted octanol–water partition coefficient (Wildman–Crippen LogP) is 2.92. The van der Waals surface area contributed by atoms with Crippen LogP contribution in [0.3, 0.4) is 0 Å². The molecule has 0 atom stereocenters. The molecule has 1 N–H and O–H groups in total. The normalized spacial score (nSPS) is 11.1. The number of rotatable bonds is 4. The van der Waals surface area contributed by atoms with Crippen molar-refractivity contribution in [1.82, 2.24) is 19.9 Å². The Morgan fingerprint density at radius 2 is 2.05 bits per heavy atom. The zero-order valence-electron chi connectivity index (χ0n) is 10.6. The van der Waals surface area contributed by atoms with Crippen molar-refractivity contribution in [3.63, 3.8) is 0 Å². The van der Waals surface area contributed by atoms with Gasteiger partial charge in [0.15, 0.2) is 11.5 Å². The smallest absolute Gasteiger partial charge is 0.160 e. The quantitative estimate of drug-likeness (QED) is 0.797. The van der Waals surface area contributed by atoms with E-state index in [0.29, 0.717) is 13.1 Å². The van der Waals surface area contributed by atoms with Crippen LogP contribution in [0.25, 0.3) is 5.65 Å². The molecule has 0 bridgehead atoms. The molecule has 2 heterocycles. The number of nitrogens with zero attached hydrogens (tertiary/aromatic N) is 3. The molecule has 0 saturated carbocycles. The summed E-state index contributed by atoms with van der Waals surface area (Å²) < 4.78 is 16.0. The van der Waals surface area contributed by atoms with Gasteiger partial charge in [-0.15, -0.1) is 10.2 Å². The topological polar surface area (TPSA) is 42.2 Å². The van der Waals surface area contributed by atoms with Crippen molar-refractivity contribution in [1.29, 1.82) is 0 Å². The molecule has 6 heteroatoms. The highest BCUT2D eigenvalue weighted by atomic mass is 79.9. The van der Waals surface area contributed by atoms with Crippen molar-refractivity contribution >= 4 is 21.6 Å². The molecule has 0 spiro atoms. The second-order valence-electron chi connectivity index (χ2n) is 4.38. The summed E-state index contributed by atoms with van der Waals surface area (Å²) in [5.74, 6) is 0.589. The van der Waals surface area contributed by atoms with Gasteiger partial charge in [-0.25, -0.2) is 4.39 Å². The first kappa shape index (κ1) is 13.2. The minimum Gasteiger partial charge on any atom is -0.306 e. The van der Waals surface area contributed by atoms with Crippen molar-refractivity contribution in [3.05, 3.63) is 64.3 Å². The molecule has 1 aromatic carbocycles. The Morgan fingerprint density at radius 3 is 2.95 bits per heavy atom. The molecule has 4 nitrogen and oxygen atoms in total. The first-order valence-corrected chi connectivity index (χ1v) is 6.96. The molecule has 0 aliphatic carbocycles. The van der Waals surface area contributed by atoms with E-state index in [1.54, 1.807) is 6.07 Å². The Kier molecular flexibility index (Phi) is 3.75. The molecule has 0 amide bonds. The van der Waals surface area contributed by atoms with Gasteiger partial charge in [0.1, 0.15) is 5.82 Å². The van der Waals surface area contributed by atoms with Gasteiger partial charge in [0.05, 0.1) is 6.54 Å². The van der Waals surface area contributed by atoms with Crippen LogP contribution in [-0.2, 0) is 13.1 Å². The van der Waals surface area contributed by atoms with Crippen LogP contribution in [0.5, 0.6) is 0 Å². The van der Waals surface area contributed by atoms with E-state index in [1.165, 1.54) is 12.1 Å². The zero-order chi connectivity index (χ0) is 13.9. The summed E-state index contributed by atoms with van der Waals surface area (Å²) in [4.78, 5) is 0. The van der Waals surface area contributed by atoms with Gasteiger partial charge in [0.25, 0.3) is 0 Å². The molecule has 2 aromatic heterocycles. The van der Waals surface area contributed by atoms with Gasteiger partial charge < -0.3 is 5.32 Å². The number of benzene rings is 1. The Morgan fingerprint density at radius 1 is 1.15 bits per heavy atom. The molecule has 0 saturated heterocycles. The van der Waals surface area contributed by atoms with Crippen LogP contribution in [0, 0.1) is 5.82 Å². The molecule has 0 unspecified atom stereocenters. The van der Waals surface area contributed by atoms with Gasteiger partial charge in [-0.1, -0.05) is 22.0 Å². The van der Waals surface area contributed by atoms with Gasteiger partial charge in [-0.2, -0.15) is 0 Å². The fraction of sp³-hybridized carbons (Fsp3) is 0.143. The average Bonchev–Trinajstić information content (AvgIpc) is 2.86. The highest BCUT2D eigenvalue weighted by Crippen LogP contribution is 2.17. The summed E-state index contributed by atoms with van der Waals surface area (Å²) in [6, 6.07) is 10.4. The lowest BCUT2D eigenvalue weighted by Gasteiger charge is -2.06. The summed E-state index contributed by atoms with van der Waals surface area (Å²) in [6.07, 6.45) is 1.92.